The van der Waals surface area contributed by atoms with Gasteiger partial charge in [-0.25, -0.2) is 0 Å². The van der Waals surface area contributed by atoms with Crippen LogP contribution >= 0.6 is 0 Å². The number of allylic oxidation sites excluding steroid dienone is 3. The number of rotatable bonds is 16. The third kappa shape index (κ3) is 23.9. The summed E-state index contributed by atoms with van der Waals surface area (Å²) in [6.07, 6.45) is 5.05. The number of carbonyl (C=O) groups is 11. The first-order valence-corrected chi connectivity index (χ1v) is 31.2. The molecule has 496 valence electrons. The summed E-state index contributed by atoms with van der Waals surface area (Å²) in [5.74, 6) is -8.90. The largest absolute Gasteiger partial charge is 0.391 e. The molecule has 87 heavy (non-hydrogen) atoms. The highest BCUT2D eigenvalue weighted by atomic mass is 16.3. The van der Waals surface area contributed by atoms with E-state index < -0.39 is 132 Å². The fourth-order valence-corrected chi connectivity index (χ4v) is 10.5. The van der Waals surface area contributed by atoms with Gasteiger partial charge in [0.2, 0.25) is 59.1 Å². The van der Waals surface area contributed by atoms with Crippen LogP contribution < -0.4 is 21.3 Å². The Labute approximate surface area is 520 Å². The number of nitrogens with zero attached hydrogens (tertiary/aromatic N) is 7. The number of likely N-dealkylation sites (N-methyl/N-ethyl adjacent to an activating group) is 7. The average molecular weight is 1230 g/mol. The van der Waals surface area contributed by atoms with Crippen molar-refractivity contribution in [3.8, 4) is 0 Å². The quantitative estimate of drug-likeness (QED) is 0.108. The van der Waals surface area contributed by atoms with Crippen LogP contribution in [0.4, 0.5) is 0 Å². The molecular formula is C64H113N11O12. The molecule has 1 rings (SSSR count). The van der Waals surface area contributed by atoms with Crippen LogP contribution in [0.3, 0.4) is 0 Å². The molecule has 0 bridgehead atoms. The second-order valence-corrected chi connectivity index (χ2v) is 26.8. The monoisotopic (exact) mass is 1230 g/mol. The van der Waals surface area contributed by atoms with E-state index in [4.69, 9.17) is 0 Å². The van der Waals surface area contributed by atoms with Crippen LogP contribution in [0.2, 0.25) is 0 Å². The fourth-order valence-electron chi connectivity index (χ4n) is 10.5. The van der Waals surface area contributed by atoms with Crippen molar-refractivity contribution in [1.82, 2.24) is 55.6 Å². The van der Waals surface area contributed by atoms with E-state index in [1.807, 2.05) is 109 Å². The first-order valence-electron chi connectivity index (χ1n) is 31.2. The molecule has 23 heteroatoms. The Morgan fingerprint density at radius 3 is 1.26 bits per heavy atom. The standard InChI is InChI=1S/C64H113N11O12/c1-25-26-27-42(14)34-49-58(81)68-54(45(17)76)64(87)69(18)35-53(77)70(19)50(31-39(8)9)61(84)75(24)52(33-41(12)13)63(86)72(21)47(29-37(4)5)56(79)65-43(15)55(78)66-44(16)59(82)71(20)48(30-38(6)7)57(80)67-46(28-36(2)3)60(83)74(23)51(32-40(10)11)62(85)73(49)22/h25-26,34,36-48,50-52,54,76H,27-33,35H2,1-24H3,(H,65,79)(H,66,78)(H,67,80)(H,68,81)/b26-25+,49-34+/t42-,43+,44-,45?,46+,47+,48+,50+,51+,52+,54+/m1/s1. The SMILES string of the molecule is C/C=C/C[C@@H](C)/C=C1\C(=O)N[C@@H](C(C)O)C(=O)N(C)CC(=O)N(C)[C@@H](CC(C)C)C(=O)N(C)[C@@H](CC(C)C)C(=O)N(C)[C@@H](CC(C)C)C(=O)N[C@@H](C)C(=O)N[C@H](C)C(=O)N(C)[C@@H](CC(C)C)C(=O)N[C@@H](CC(C)C)C(=O)N(C)[C@@H](CC(C)C)C(=O)N1C. The Hall–Kier alpha value is -6.39. The van der Waals surface area contributed by atoms with Gasteiger partial charge in [-0.3, -0.25) is 52.7 Å². The highest BCUT2D eigenvalue weighted by Crippen LogP contribution is 2.24. The highest BCUT2D eigenvalue weighted by molar-refractivity contribution is 6.02. The van der Waals surface area contributed by atoms with Crippen molar-refractivity contribution in [1.29, 1.82) is 0 Å². The second-order valence-electron chi connectivity index (χ2n) is 26.8. The summed E-state index contributed by atoms with van der Waals surface area (Å²) < 4.78 is 0. The molecule has 0 aromatic carbocycles. The van der Waals surface area contributed by atoms with Gasteiger partial charge in [-0.05, 0) is 114 Å². The van der Waals surface area contributed by atoms with Crippen molar-refractivity contribution >= 4 is 65.0 Å². The van der Waals surface area contributed by atoms with Crippen LogP contribution in [0.25, 0.3) is 0 Å². The number of carbonyl (C=O) groups excluding carboxylic acids is 11. The van der Waals surface area contributed by atoms with Crippen molar-refractivity contribution in [2.75, 3.05) is 55.9 Å². The first kappa shape index (κ1) is 78.6. The van der Waals surface area contributed by atoms with E-state index >= 15 is 4.79 Å². The predicted octanol–water partition coefficient (Wildman–Crippen LogP) is 4.17. The number of aliphatic hydroxyl groups is 1. The average Bonchev–Trinajstić information content (AvgIpc) is 3.36. The predicted molar refractivity (Wildman–Crippen MR) is 337 cm³/mol. The Morgan fingerprint density at radius 2 is 0.828 bits per heavy atom. The Kier molecular flexibility index (Phi) is 32.7. The number of hydrogen-bond acceptors (Lipinski definition) is 12. The summed E-state index contributed by atoms with van der Waals surface area (Å²) in [5.41, 5.74) is -0.195. The van der Waals surface area contributed by atoms with Gasteiger partial charge in [0.1, 0.15) is 60.1 Å². The van der Waals surface area contributed by atoms with Gasteiger partial charge >= 0.3 is 0 Å². The molecule has 1 saturated heterocycles. The van der Waals surface area contributed by atoms with E-state index in [9.17, 15) is 53.1 Å². The highest BCUT2D eigenvalue weighted by Gasteiger charge is 2.43. The lowest BCUT2D eigenvalue weighted by Gasteiger charge is -2.39. The maximum Gasteiger partial charge on any atom is 0.268 e. The number of aliphatic hydroxyl groups excluding tert-OH is 1. The summed E-state index contributed by atoms with van der Waals surface area (Å²) in [4.78, 5) is 169. The van der Waals surface area contributed by atoms with Crippen molar-refractivity contribution < 1.29 is 57.8 Å². The van der Waals surface area contributed by atoms with Gasteiger partial charge in [0.25, 0.3) is 5.91 Å². The van der Waals surface area contributed by atoms with Gasteiger partial charge in [0, 0.05) is 49.3 Å². The van der Waals surface area contributed by atoms with E-state index in [2.05, 4.69) is 21.3 Å². The smallest absolute Gasteiger partial charge is 0.268 e. The third-order valence-corrected chi connectivity index (χ3v) is 15.8. The molecule has 1 heterocycles. The van der Waals surface area contributed by atoms with Crippen molar-refractivity contribution in [2.45, 2.75) is 223 Å². The van der Waals surface area contributed by atoms with Gasteiger partial charge in [0.15, 0.2) is 0 Å². The van der Waals surface area contributed by atoms with Gasteiger partial charge in [-0.1, -0.05) is 108 Å². The lowest BCUT2D eigenvalue weighted by atomic mass is 9.96. The Bertz CT molecular complexity index is 2420. The lowest BCUT2D eigenvalue weighted by molar-refractivity contribution is -0.153. The number of hydrogen-bond donors (Lipinski definition) is 5. The molecule has 0 saturated carbocycles. The van der Waals surface area contributed by atoms with Gasteiger partial charge in [-0.2, -0.15) is 0 Å². The zero-order valence-electron chi connectivity index (χ0n) is 57.3. The number of nitrogens with one attached hydrogen (secondary N) is 4. The van der Waals surface area contributed by atoms with E-state index in [-0.39, 0.29) is 85.6 Å². The molecule has 11 amide bonds. The van der Waals surface area contributed by atoms with Gasteiger partial charge < -0.3 is 60.7 Å². The topological polar surface area (TPSA) is 279 Å². The second kappa shape index (κ2) is 36.2. The van der Waals surface area contributed by atoms with Crippen molar-refractivity contribution in [3.63, 3.8) is 0 Å². The molecular weight excluding hydrogens is 1110 g/mol. The molecule has 1 aliphatic heterocycles. The molecule has 0 aromatic rings. The minimum Gasteiger partial charge on any atom is -0.391 e. The van der Waals surface area contributed by atoms with Crippen molar-refractivity contribution in [2.24, 2.45) is 41.4 Å². The van der Waals surface area contributed by atoms with Crippen LogP contribution in [0.15, 0.2) is 23.9 Å². The third-order valence-electron chi connectivity index (χ3n) is 15.8. The molecule has 0 aliphatic carbocycles. The van der Waals surface area contributed by atoms with Gasteiger partial charge in [-0.15, -0.1) is 0 Å². The van der Waals surface area contributed by atoms with Crippen LogP contribution in [0.5, 0.6) is 0 Å². The normalized spacial score (nSPS) is 26.2. The summed E-state index contributed by atoms with van der Waals surface area (Å²) in [7, 11) is 9.90. The van der Waals surface area contributed by atoms with Crippen LogP contribution in [0.1, 0.15) is 163 Å². The molecule has 0 radical (unpaired) electrons. The summed E-state index contributed by atoms with van der Waals surface area (Å²) in [6, 6.07) is -11.1. The molecule has 1 aliphatic rings. The minimum atomic E-state index is -1.66. The molecule has 11 atom stereocenters. The van der Waals surface area contributed by atoms with E-state index in [0.717, 1.165) is 9.80 Å². The molecule has 1 unspecified atom stereocenters. The van der Waals surface area contributed by atoms with Crippen LogP contribution in [-0.2, 0) is 52.7 Å². The molecule has 0 spiro atoms. The maximum atomic E-state index is 15.1. The summed E-state index contributed by atoms with van der Waals surface area (Å²) in [6.45, 7) is 29.6. The summed E-state index contributed by atoms with van der Waals surface area (Å²) >= 11 is 0. The zero-order chi connectivity index (χ0) is 67.4. The molecule has 0 aromatic heterocycles. The first-order chi connectivity index (χ1) is 40.1. The van der Waals surface area contributed by atoms with Gasteiger partial charge in [0.05, 0.1) is 12.6 Å². The lowest BCUT2D eigenvalue weighted by Crippen LogP contribution is -2.60. The Balaban J connectivity index is 4.39. The van der Waals surface area contributed by atoms with E-state index in [0.29, 0.717) is 6.42 Å². The molecule has 23 nitrogen and oxygen atoms in total. The zero-order valence-corrected chi connectivity index (χ0v) is 57.3. The molecule has 1 fully saturated rings. The van der Waals surface area contributed by atoms with E-state index in [1.54, 1.807) is 6.08 Å². The van der Waals surface area contributed by atoms with Crippen LogP contribution in [0, 0.1) is 41.4 Å². The minimum absolute atomic E-state index is 0.115. The summed E-state index contributed by atoms with van der Waals surface area (Å²) in [5, 5.41) is 22.1. The maximum absolute atomic E-state index is 15.1. The Morgan fingerprint density at radius 1 is 0.448 bits per heavy atom. The van der Waals surface area contributed by atoms with E-state index in [1.165, 1.54) is 94.6 Å². The van der Waals surface area contributed by atoms with Crippen molar-refractivity contribution in [3.05, 3.63) is 23.9 Å². The number of amides is 11. The molecule has 5 N–H and O–H groups in total. The van der Waals surface area contributed by atoms with Crippen LogP contribution in [-0.4, -0.2) is 221 Å². The fraction of sp³-hybridized carbons (Fsp3) is 0.766.